The predicted molar refractivity (Wildman–Crippen MR) is 108 cm³/mol. The van der Waals surface area contributed by atoms with Gasteiger partial charge in [-0.15, -0.1) is 36.2 Å². The lowest BCUT2D eigenvalue weighted by atomic mass is 9.96. The summed E-state index contributed by atoms with van der Waals surface area (Å²) in [6, 6.07) is 9.72. The lowest BCUT2D eigenvalue weighted by Gasteiger charge is -2.31. The second-order valence-corrected chi connectivity index (χ2v) is 7.41. The van der Waals surface area contributed by atoms with E-state index in [2.05, 4.69) is 4.98 Å². The van der Waals surface area contributed by atoms with Crippen molar-refractivity contribution in [2.75, 3.05) is 7.05 Å². The molecule has 0 aliphatic heterocycles. The Morgan fingerprint density at radius 3 is 2.72 bits per heavy atom. The van der Waals surface area contributed by atoms with Crippen LogP contribution in [-0.4, -0.2) is 22.8 Å². The zero-order valence-electron chi connectivity index (χ0n) is 14.5. The van der Waals surface area contributed by atoms with E-state index in [0.717, 1.165) is 29.8 Å². The molecular formula is C18H25Cl2N3OS. The van der Waals surface area contributed by atoms with Crippen molar-refractivity contribution in [3.63, 3.8) is 0 Å². The summed E-state index contributed by atoms with van der Waals surface area (Å²) in [7, 11) is 1.90. The highest BCUT2D eigenvalue weighted by Gasteiger charge is 2.30. The fourth-order valence-electron chi connectivity index (χ4n) is 3.21. The number of fused-ring (bicyclic) bond motifs is 1. The van der Waals surface area contributed by atoms with Crippen LogP contribution in [0.15, 0.2) is 30.3 Å². The van der Waals surface area contributed by atoms with Crippen molar-refractivity contribution in [2.45, 2.75) is 44.7 Å². The molecule has 2 unspecified atom stereocenters. The van der Waals surface area contributed by atoms with Crippen LogP contribution in [0.2, 0.25) is 0 Å². The Labute approximate surface area is 165 Å². The third kappa shape index (κ3) is 4.94. The first-order valence-electron chi connectivity index (χ1n) is 8.08. The molecule has 0 saturated heterocycles. The number of nitrogens with two attached hydrogens (primary N) is 1. The number of halogens is 2. The Morgan fingerprint density at radius 1 is 1.36 bits per heavy atom. The number of hydrogen-bond acceptors (Lipinski definition) is 4. The molecule has 0 fully saturated rings. The number of rotatable bonds is 4. The Hall–Kier alpha value is -1.14. The molecule has 0 bridgehead atoms. The number of thiazole rings is 1. The molecule has 138 valence electrons. The standard InChI is InChI=1S/C18H23N3OS.2ClH/c1-12-20-15-9-6-10-16(18(15)23-12)21(2)17(22)11-14(19)13-7-4-3-5-8-13;;/h3-5,7-8,14,16H,6,9-11,19H2,1-2H3;2*1H. The maximum atomic E-state index is 12.7. The summed E-state index contributed by atoms with van der Waals surface area (Å²) in [5.41, 5.74) is 8.39. The lowest BCUT2D eigenvalue weighted by molar-refractivity contribution is -0.132. The van der Waals surface area contributed by atoms with E-state index in [1.54, 1.807) is 11.3 Å². The minimum atomic E-state index is -0.252. The Bertz CT molecular complexity index is 693. The van der Waals surface area contributed by atoms with Gasteiger partial charge in [-0.1, -0.05) is 30.3 Å². The normalized spacial score (nSPS) is 16.8. The first-order chi connectivity index (χ1) is 11.1. The van der Waals surface area contributed by atoms with Gasteiger partial charge in [0.25, 0.3) is 0 Å². The first-order valence-corrected chi connectivity index (χ1v) is 8.90. The van der Waals surface area contributed by atoms with Crippen molar-refractivity contribution in [2.24, 2.45) is 5.73 Å². The van der Waals surface area contributed by atoms with Crippen LogP contribution in [0.1, 0.15) is 52.5 Å². The molecule has 3 rings (SSSR count). The number of aromatic nitrogens is 1. The fourth-order valence-corrected chi connectivity index (χ4v) is 4.36. The van der Waals surface area contributed by atoms with Crippen molar-refractivity contribution in [1.82, 2.24) is 9.88 Å². The molecule has 1 heterocycles. The quantitative estimate of drug-likeness (QED) is 0.833. The maximum absolute atomic E-state index is 12.7. The van der Waals surface area contributed by atoms with Crippen LogP contribution in [0.5, 0.6) is 0 Å². The van der Waals surface area contributed by atoms with E-state index >= 15 is 0 Å². The molecular weight excluding hydrogens is 377 g/mol. The zero-order valence-corrected chi connectivity index (χ0v) is 16.9. The highest BCUT2D eigenvalue weighted by Crippen LogP contribution is 2.37. The van der Waals surface area contributed by atoms with E-state index < -0.39 is 0 Å². The maximum Gasteiger partial charge on any atom is 0.224 e. The largest absolute Gasteiger partial charge is 0.338 e. The highest BCUT2D eigenvalue weighted by atomic mass is 35.5. The van der Waals surface area contributed by atoms with Gasteiger partial charge in [0.15, 0.2) is 0 Å². The van der Waals surface area contributed by atoms with Crippen molar-refractivity contribution in [3.8, 4) is 0 Å². The highest BCUT2D eigenvalue weighted by molar-refractivity contribution is 7.11. The molecule has 0 saturated carbocycles. The molecule has 1 aliphatic carbocycles. The summed E-state index contributed by atoms with van der Waals surface area (Å²) in [6.07, 6.45) is 3.46. The van der Waals surface area contributed by atoms with Gasteiger partial charge in [-0.25, -0.2) is 4.98 Å². The molecule has 0 spiro atoms. The van der Waals surface area contributed by atoms with E-state index in [0.29, 0.717) is 6.42 Å². The SMILES string of the molecule is Cc1nc2c(s1)C(N(C)C(=O)CC(N)c1ccccc1)CCC2.Cl.Cl. The number of nitrogens with zero attached hydrogens (tertiary/aromatic N) is 2. The molecule has 2 N–H and O–H groups in total. The first kappa shape index (κ1) is 21.9. The average molecular weight is 402 g/mol. The van der Waals surface area contributed by atoms with E-state index in [1.165, 1.54) is 10.6 Å². The number of benzene rings is 1. The van der Waals surface area contributed by atoms with Crippen molar-refractivity contribution in [1.29, 1.82) is 0 Å². The summed E-state index contributed by atoms with van der Waals surface area (Å²) < 4.78 is 0. The molecule has 25 heavy (non-hydrogen) atoms. The second kappa shape index (κ2) is 9.53. The van der Waals surface area contributed by atoms with Gasteiger partial charge in [0.2, 0.25) is 5.91 Å². The number of hydrogen-bond donors (Lipinski definition) is 1. The topological polar surface area (TPSA) is 59.2 Å². The molecule has 1 amide bonds. The minimum Gasteiger partial charge on any atom is -0.338 e. The molecule has 2 aromatic rings. The number of carbonyl (C=O) groups is 1. The van der Waals surface area contributed by atoms with Crippen LogP contribution in [0, 0.1) is 6.92 Å². The third-order valence-corrected chi connectivity index (χ3v) is 5.63. The molecule has 2 atom stereocenters. The van der Waals surface area contributed by atoms with Gasteiger partial charge < -0.3 is 10.6 Å². The van der Waals surface area contributed by atoms with Crippen LogP contribution in [0.3, 0.4) is 0 Å². The van der Waals surface area contributed by atoms with Crippen molar-refractivity contribution < 1.29 is 4.79 Å². The van der Waals surface area contributed by atoms with E-state index in [1.807, 2.05) is 49.2 Å². The lowest BCUT2D eigenvalue weighted by Crippen LogP contribution is -2.34. The molecule has 7 heteroatoms. The van der Waals surface area contributed by atoms with E-state index in [4.69, 9.17) is 5.73 Å². The minimum absolute atomic E-state index is 0. The summed E-state index contributed by atoms with van der Waals surface area (Å²) in [6.45, 7) is 2.03. The van der Waals surface area contributed by atoms with E-state index in [9.17, 15) is 4.79 Å². The second-order valence-electron chi connectivity index (χ2n) is 6.18. The van der Waals surface area contributed by atoms with Gasteiger partial charge >= 0.3 is 0 Å². The average Bonchev–Trinajstić information content (AvgIpc) is 2.95. The van der Waals surface area contributed by atoms with Crippen LogP contribution >= 0.6 is 36.2 Å². The van der Waals surface area contributed by atoms with Crippen molar-refractivity contribution >= 4 is 42.1 Å². The van der Waals surface area contributed by atoms with Gasteiger partial charge in [-0.05, 0) is 31.7 Å². The van der Waals surface area contributed by atoms with Gasteiger partial charge in [-0.2, -0.15) is 0 Å². The molecule has 0 radical (unpaired) electrons. The molecule has 4 nitrogen and oxygen atoms in total. The predicted octanol–water partition coefficient (Wildman–Crippen LogP) is 4.22. The van der Waals surface area contributed by atoms with Gasteiger partial charge in [-0.3, -0.25) is 4.79 Å². The number of carbonyl (C=O) groups excluding carboxylic acids is 1. The summed E-state index contributed by atoms with van der Waals surface area (Å²) in [5, 5.41) is 1.09. The summed E-state index contributed by atoms with van der Waals surface area (Å²) in [5.74, 6) is 0.102. The zero-order chi connectivity index (χ0) is 16.4. The monoisotopic (exact) mass is 401 g/mol. The van der Waals surface area contributed by atoms with Gasteiger partial charge in [0.05, 0.1) is 21.6 Å². The van der Waals surface area contributed by atoms with Crippen LogP contribution in [0.25, 0.3) is 0 Å². The third-order valence-electron chi connectivity index (χ3n) is 4.51. The van der Waals surface area contributed by atoms with Gasteiger partial charge in [0, 0.05) is 19.5 Å². The Morgan fingerprint density at radius 2 is 2.04 bits per heavy atom. The Kier molecular flexibility index (Phi) is 8.35. The molecule has 1 aromatic carbocycles. The van der Waals surface area contributed by atoms with Gasteiger partial charge in [0.1, 0.15) is 0 Å². The van der Waals surface area contributed by atoms with Crippen molar-refractivity contribution in [3.05, 3.63) is 51.5 Å². The van der Waals surface area contributed by atoms with E-state index in [-0.39, 0.29) is 42.8 Å². The fraction of sp³-hybridized carbons (Fsp3) is 0.444. The Balaban J connectivity index is 0.00000156. The smallest absolute Gasteiger partial charge is 0.224 e. The van der Waals surface area contributed by atoms with Crippen LogP contribution in [-0.2, 0) is 11.2 Å². The molecule has 1 aliphatic rings. The van der Waals surface area contributed by atoms with Crippen LogP contribution in [0.4, 0.5) is 0 Å². The number of aryl methyl sites for hydroxylation is 2. The number of amides is 1. The summed E-state index contributed by atoms with van der Waals surface area (Å²) in [4.78, 5) is 20.4. The summed E-state index contributed by atoms with van der Waals surface area (Å²) >= 11 is 1.72. The molecule has 1 aromatic heterocycles. The van der Waals surface area contributed by atoms with Crippen LogP contribution < -0.4 is 5.73 Å².